The van der Waals surface area contributed by atoms with Crippen LogP contribution in [0.2, 0.25) is 0 Å². The molecule has 4 nitrogen and oxygen atoms in total. The Morgan fingerprint density at radius 2 is 2.14 bits per heavy atom. The van der Waals surface area contributed by atoms with Crippen molar-refractivity contribution >= 4 is 33.3 Å². The van der Waals surface area contributed by atoms with Crippen LogP contribution >= 0.6 is 15.9 Å². The third kappa shape index (κ3) is 2.38. The van der Waals surface area contributed by atoms with Crippen LogP contribution in [0.25, 0.3) is 0 Å². The maximum absolute atomic E-state index is 11.1. The number of nitrogens with two attached hydrogens (primary N) is 1. The highest BCUT2D eigenvalue weighted by Gasteiger charge is 2.07. The Kier molecular flexibility index (Phi) is 3.35. The summed E-state index contributed by atoms with van der Waals surface area (Å²) >= 11 is 3.33. The zero-order valence-corrected chi connectivity index (χ0v) is 9.60. The van der Waals surface area contributed by atoms with Crippen LogP contribution in [0.3, 0.4) is 0 Å². The fourth-order valence-electron chi connectivity index (χ4n) is 1.08. The number of benzene rings is 1. The summed E-state index contributed by atoms with van der Waals surface area (Å²) in [5.74, 6) is 0. The number of hydrogen-bond acceptors (Lipinski definition) is 2. The minimum atomic E-state index is -0.291. The van der Waals surface area contributed by atoms with E-state index in [0.29, 0.717) is 11.4 Å². The number of urea groups is 1. The summed E-state index contributed by atoms with van der Waals surface area (Å²) in [6.45, 7) is 1.94. The summed E-state index contributed by atoms with van der Waals surface area (Å²) in [4.78, 5) is 11.1. The lowest BCUT2D eigenvalue weighted by molar-refractivity contribution is 0.254. The zero-order valence-electron chi connectivity index (χ0n) is 8.02. The predicted molar refractivity (Wildman–Crippen MR) is 61.4 cm³/mol. The van der Waals surface area contributed by atoms with Crippen molar-refractivity contribution in [3.8, 4) is 0 Å². The molecule has 0 fully saturated rings. The van der Waals surface area contributed by atoms with E-state index in [2.05, 4.69) is 26.6 Å². The molecular formula is C9H12BrN3O. The van der Waals surface area contributed by atoms with Crippen LogP contribution in [0.4, 0.5) is 16.2 Å². The van der Waals surface area contributed by atoms with E-state index < -0.39 is 0 Å². The van der Waals surface area contributed by atoms with Crippen molar-refractivity contribution in [2.45, 2.75) is 6.92 Å². The number of nitrogens with one attached hydrogen (secondary N) is 2. The molecule has 0 aliphatic rings. The Bertz CT molecular complexity index is 342. The van der Waals surface area contributed by atoms with Crippen LogP contribution in [-0.4, -0.2) is 13.1 Å². The Balaban J connectivity index is 3.02. The minimum Gasteiger partial charge on any atom is -0.397 e. The highest BCUT2D eigenvalue weighted by Crippen LogP contribution is 2.29. The van der Waals surface area contributed by atoms with Crippen LogP contribution in [0.1, 0.15) is 5.56 Å². The topological polar surface area (TPSA) is 67.2 Å². The summed E-state index contributed by atoms with van der Waals surface area (Å²) in [6, 6.07) is 3.40. The van der Waals surface area contributed by atoms with E-state index >= 15 is 0 Å². The first-order chi connectivity index (χ1) is 6.54. The maximum Gasteiger partial charge on any atom is 0.319 e. The number of rotatable bonds is 1. The highest BCUT2D eigenvalue weighted by molar-refractivity contribution is 9.10. The van der Waals surface area contributed by atoms with Crippen molar-refractivity contribution in [2.24, 2.45) is 0 Å². The van der Waals surface area contributed by atoms with E-state index in [1.807, 2.05) is 13.0 Å². The summed E-state index contributed by atoms with van der Waals surface area (Å²) < 4.78 is 0.776. The molecule has 14 heavy (non-hydrogen) atoms. The van der Waals surface area contributed by atoms with Crippen molar-refractivity contribution in [1.29, 1.82) is 0 Å². The molecule has 0 radical (unpaired) electrons. The van der Waals surface area contributed by atoms with E-state index in [1.165, 1.54) is 0 Å². The number of carbonyl (C=O) groups is 1. The number of amides is 2. The molecule has 1 aromatic carbocycles. The second kappa shape index (κ2) is 4.32. The fourth-order valence-corrected chi connectivity index (χ4v) is 1.77. The molecule has 1 rings (SSSR count). The van der Waals surface area contributed by atoms with Gasteiger partial charge in [0, 0.05) is 11.5 Å². The van der Waals surface area contributed by atoms with Crippen LogP contribution in [0.5, 0.6) is 0 Å². The van der Waals surface area contributed by atoms with Gasteiger partial charge in [0.25, 0.3) is 0 Å². The highest BCUT2D eigenvalue weighted by atomic mass is 79.9. The van der Waals surface area contributed by atoms with Gasteiger partial charge in [0.05, 0.1) is 11.4 Å². The quantitative estimate of drug-likeness (QED) is 0.675. The van der Waals surface area contributed by atoms with Crippen molar-refractivity contribution < 1.29 is 4.79 Å². The van der Waals surface area contributed by atoms with Crippen LogP contribution in [0.15, 0.2) is 16.6 Å². The first kappa shape index (κ1) is 10.8. The summed E-state index contributed by atoms with van der Waals surface area (Å²) in [7, 11) is 1.55. The number of nitrogen functional groups attached to an aromatic ring is 1. The first-order valence-corrected chi connectivity index (χ1v) is 4.88. The lowest BCUT2D eigenvalue weighted by atomic mass is 10.2. The molecule has 0 aliphatic carbocycles. The molecular weight excluding hydrogens is 246 g/mol. The SMILES string of the molecule is CNC(=O)Nc1c(N)cc(C)cc1Br. The standard InChI is InChI=1S/C9H12BrN3O/c1-5-3-6(10)8(7(11)4-5)13-9(14)12-2/h3-4H,11H2,1-2H3,(H2,12,13,14). The van der Waals surface area contributed by atoms with Crippen molar-refractivity contribution in [3.05, 3.63) is 22.2 Å². The second-order valence-corrected chi connectivity index (χ2v) is 3.77. The number of carbonyl (C=O) groups excluding carboxylic acids is 1. The third-order valence-electron chi connectivity index (χ3n) is 1.73. The van der Waals surface area contributed by atoms with E-state index in [1.54, 1.807) is 13.1 Å². The van der Waals surface area contributed by atoms with Crippen LogP contribution < -0.4 is 16.4 Å². The average molecular weight is 258 g/mol. The molecule has 0 bridgehead atoms. The van der Waals surface area contributed by atoms with Gasteiger partial charge in [0.2, 0.25) is 0 Å². The molecule has 0 aliphatic heterocycles. The van der Waals surface area contributed by atoms with Crippen LogP contribution in [0, 0.1) is 6.92 Å². The first-order valence-electron chi connectivity index (χ1n) is 4.09. The number of aryl methyl sites for hydroxylation is 1. The van der Waals surface area contributed by atoms with Gasteiger partial charge >= 0.3 is 6.03 Å². The predicted octanol–water partition coefficient (Wildman–Crippen LogP) is 2.09. The van der Waals surface area contributed by atoms with Gasteiger partial charge in [0.15, 0.2) is 0 Å². The number of anilines is 2. The molecule has 0 saturated carbocycles. The Labute approximate surface area is 91.0 Å². The summed E-state index contributed by atoms with van der Waals surface area (Å²) in [6.07, 6.45) is 0. The van der Waals surface area contributed by atoms with Gasteiger partial charge < -0.3 is 16.4 Å². The Morgan fingerprint density at radius 1 is 1.50 bits per heavy atom. The average Bonchev–Trinajstić information content (AvgIpc) is 2.10. The van der Waals surface area contributed by atoms with E-state index in [4.69, 9.17) is 5.73 Å². The number of hydrogen-bond donors (Lipinski definition) is 3. The fraction of sp³-hybridized carbons (Fsp3) is 0.222. The van der Waals surface area contributed by atoms with Crippen molar-refractivity contribution in [1.82, 2.24) is 5.32 Å². The Morgan fingerprint density at radius 3 is 2.64 bits per heavy atom. The molecule has 0 saturated heterocycles. The molecule has 2 amide bonds. The third-order valence-corrected chi connectivity index (χ3v) is 2.36. The molecule has 1 aromatic rings. The smallest absolute Gasteiger partial charge is 0.319 e. The van der Waals surface area contributed by atoms with Gasteiger partial charge in [-0.2, -0.15) is 0 Å². The monoisotopic (exact) mass is 257 g/mol. The van der Waals surface area contributed by atoms with Gasteiger partial charge in [-0.15, -0.1) is 0 Å². The summed E-state index contributed by atoms with van der Waals surface area (Å²) in [5.41, 5.74) is 7.93. The lowest BCUT2D eigenvalue weighted by Crippen LogP contribution is -2.25. The van der Waals surface area contributed by atoms with E-state index in [0.717, 1.165) is 10.0 Å². The van der Waals surface area contributed by atoms with E-state index in [-0.39, 0.29) is 6.03 Å². The van der Waals surface area contributed by atoms with E-state index in [9.17, 15) is 4.79 Å². The molecule has 0 unspecified atom stereocenters. The van der Waals surface area contributed by atoms with Crippen molar-refractivity contribution in [3.63, 3.8) is 0 Å². The lowest BCUT2D eigenvalue weighted by Gasteiger charge is -2.10. The molecule has 0 heterocycles. The van der Waals surface area contributed by atoms with Gasteiger partial charge in [0.1, 0.15) is 0 Å². The Hall–Kier alpha value is -1.23. The second-order valence-electron chi connectivity index (χ2n) is 2.92. The number of halogens is 1. The molecule has 76 valence electrons. The van der Waals surface area contributed by atoms with Gasteiger partial charge in [-0.3, -0.25) is 0 Å². The molecule has 4 N–H and O–H groups in total. The molecule has 0 atom stereocenters. The minimum absolute atomic E-state index is 0.291. The zero-order chi connectivity index (χ0) is 10.7. The maximum atomic E-state index is 11.1. The van der Waals surface area contributed by atoms with Gasteiger partial charge in [-0.25, -0.2) is 4.79 Å². The van der Waals surface area contributed by atoms with Crippen molar-refractivity contribution in [2.75, 3.05) is 18.1 Å². The molecule has 0 spiro atoms. The van der Waals surface area contributed by atoms with Gasteiger partial charge in [-0.1, -0.05) is 0 Å². The molecule has 0 aromatic heterocycles. The normalized spacial score (nSPS) is 9.64. The van der Waals surface area contributed by atoms with Crippen LogP contribution in [-0.2, 0) is 0 Å². The van der Waals surface area contributed by atoms with Gasteiger partial charge in [-0.05, 0) is 40.5 Å². The summed E-state index contributed by atoms with van der Waals surface area (Å²) in [5, 5.41) is 5.09. The largest absolute Gasteiger partial charge is 0.397 e. The molecule has 5 heteroatoms.